The average Bonchev–Trinajstić information content (AvgIpc) is 2.63. The van der Waals surface area contributed by atoms with Crippen molar-refractivity contribution in [3.05, 3.63) is 12.2 Å². The molecule has 2 rings (SSSR count). The van der Waals surface area contributed by atoms with Crippen LogP contribution < -0.4 is 0 Å². The molecule has 2 aliphatic carbocycles. The second-order valence-corrected chi connectivity index (χ2v) is 7.91. The van der Waals surface area contributed by atoms with E-state index in [1.54, 1.807) is 0 Å². The minimum Gasteiger partial charge on any atom is -0.0885 e. The van der Waals surface area contributed by atoms with E-state index in [-0.39, 0.29) is 0 Å². The van der Waals surface area contributed by atoms with Gasteiger partial charge in [-0.25, -0.2) is 0 Å². The summed E-state index contributed by atoms with van der Waals surface area (Å²) in [4.78, 5) is 0. The number of hydrogen-bond acceptors (Lipinski definition) is 0. The van der Waals surface area contributed by atoms with Crippen molar-refractivity contribution in [1.29, 1.82) is 0 Å². The van der Waals surface area contributed by atoms with E-state index >= 15 is 0 Å². The standard InChI is InChI=1S/C11H16Br2/c12-11(13)9-7-5-3-1-2-4-6-8-10(9)11/h1,3,9-10H,2,4-8H2/b3-1+/t9-,10-/m0/s1. The van der Waals surface area contributed by atoms with Gasteiger partial charge in [0.2, 0.25) is 0 Å². The van der Waals surface area contributed by atoms with Crippen molar-refractivity contribution in [2.45, 2.75) is 41.8 Å². The Labute approximate surface area is 97.4 Å². The van der Waals surface area contributed by atoms with Crippen LogP contribution in [0.4, 0.5) is 0 Å². The molecule has 0 aromatic heterocycles. The summed E-state index contributed by atoms with van der Waals surface area (Å²) in [5, 5.41) is 0. The van der Waals surface area contributed by atoms with Crippen molar-refractivity contribution < 1.29 is 0 Å². The monoisotopic (exact) mass is 306 g/mol. The van der Waals surface area contributed by atoms with Crippen LogP contribution in [0, 0.1) is 11.8 Å². The summed E-state index contributed by atoms with van der Waals surface area (Å²) in [6, 6.07) is 0. The van der Waals surface area contributed by atoms with E-state index < -0.39 is 0 Å². The summed E-state index contributed by atoms with van der Waals surface area (Å²) in [6.07, 6.45) is 12.8. The lowest BCUT2D eigenvalue weighted by Gasteiger charge is -2.00. The second kappa shape index (κ2) is 4.06. The Balaban J connectivity index is 1.93. The summed E-state index contributed by atoms with van der Waals surface area (Å²) in [6.45, 7) is 0. The SMILES string of the molecule is BrC1(Br)[C@H]2CC/C=C/CCCC[C@@H]21. The van der Waals surface area contributed by atoms with Gasteiger partial charge in [-0.15, -0.1) is 0 Å². The molecule has 0 saturated heterocycles. The van der Waals surface area contributed by atoms with Crippen LogP contribution in [0.15, 0.2) is 12.2 Å². The van der Waals surface area contributed by atoms with Crippen molar-refractivity contribution >= 4 is 31.9 Å². The highest BCUT2D eigenvalue weighted by atomic mass is 79.9. The van der Waals surface area contributed by atoms with Crippen molar-refractivity contribution in [2.24, 2.45) is 11.8 Å². The van der Waals surface area contributed by atoms with Crippen LogP contribution in [0.2, 0.25) is 0 Å². The minimum atomic E-state index is 0.304. The van der Waals surface area contributed by atoms with E-state index in [1.807, 2.05) is 0 Å². The van der Waals surface area contributed by atoms with Crippen LogP contribution >= 0.6 is 31.9 Å². The average molecular weight is 308 g/mol. The van der Waals surface area contributed by atoms with Gasteiger partial charge < -0.3 is 0 Å². The summed E-state index contributed by atoms with van der Waals surface area (Å²) in [5.41, 5.74) is 0. The van der Waals surface area contributed by atoms with Crippen LogP contribution in [0.5, 0.6) is 0 Å². The van der Waals surface area contributed by atoms with Gasteiger partial charge in [0.15, 0.2) is 0 Å². The first-order valence-electron chi connectivity index (χ1n) is 5.25. The highest BCUT2D eigenvalue weighted by Gasteiger charge is 2.59. The Morgan fingerprint density at radius 2 is 1.62 bits per heavy atom. The first-order chi connectivity index (χ1) is 6.23. The minimum absolute atomic E-state index is 0.304. The number of rotatable bonds is 0. The van der Waals surface area contributed by atoms with Gasteiger partial charge in [0.1, 0.15) is 0 Å². The smallest absolute Gasteiger partial charge is 0.0868 e. The summed E-state index contributed by atoms with van der Waals surface area (Å²) in [7, 11) is 0. The van der Waals surface area contributed by atoms with E-state index in [1.165, 1.54) is 38.5 Å². The number of allylic oxidation sites excluding steroid dienone is 2. The molecule has 74 valence electrons. The van der Waals surface area contributed by atoms with Gasteiger partial charge in [0.05, 0.1) is 3.23 Å². The molecule has 0 amide bonds. The molecular weight excluding hydrogens is 292 g/mol. The van der Waals surface area contributed by atoms with Gasteiger partial charge in [-0.1, -0.05) is 50.4 Å². The predicted molar refractivity (Wildman–Crippen MR) is 64.4 cm³/mol. The number of halogens is 2. The van der Waals surface area contributed by atoms with E-state index in [0.717, 1.165) is 11.8 Å². The summed E-state index contributed by atoms with van der Waals surface area (Å²) < 4.78 is 0.304. The van der Waals surface area contributed by atoms with E-state index in [4.69, 9.17) is 0 Å². The zero-order valence-corrected chi connectivity index (χ0v) is 11.0. The Morgan fingerprint density at radius 3 is 2.46 bits per heavy atom. The molecule has 0 aromatic rings. The van der Waals surface area contributed by atoms with Crippen LogP contribution in [0.1, 0.15) is 38.5 Å². The number of fused-ring (bicyclic) bond motifs is 1. The zero-order valence-electron chi connectivity index (χ0n) is 7.81. The first-order valence-corrected chi connectivity index (χ1v) is 6.84. The third-order valence-electron chi connectivity index (χ3n) is 3.31. The van der Waals surface area contributed by atoms with E-state index in [2.05, 4.69) is 44.0 Å². The van der Waals surface area contributed by atoms with Gasteiger partial charge in [-0.05, 0) is 43.9 Å². The fourth-order valence-corrected chi connectivity index (χ4v) is 4.31. The molecule has 0 radical (unpaired) electrons. The lowest BCUT2D eigenvalue weighted by Crippen LogP contribution is -1.88. The van der Waals surface area contributed by atoms with Gasteiger partial charge in [-0.3, -0.25) is 0 Å². The Hall–Kier alpha value is 0.700. The predicted octanol–water partition coefficient (Wildman–Crippen LogP) is 4.63. The van der Waals surface area contributed by atoms with Gasteiger partial charge in [-0.2, -0.15) is 0 Å². The van der Waals surface area contributed by atoms with Gasteiger partial charge in [0.25, 0.3) is 0 Å². The van der Waals surface area contributed by atoms with Crippen molar-refractivity contribution in [2.75, 3.05) is 0 Å². The normalized spacial score (nSPS) is 40.5. The molecule has 1 saturated carbocycles. The molecule has 0 unspecified atom stereocenters. The fraction of sp³-hybridized carbons (Fsp3) is 0.818. The number of alkyl halides is 2. The first kappa shape index (κ1) is 10.2. The molecule has 0 spiro atoms. The third kappa shape index (κ3) is 2.20. The second-order valence-electron chi connectivity index (χ2n) is 4.22. The van der Waals surface area contributed by atoms with Crippen molar-refractivity contribution in [3.8, 4) is 0 Å². The lowest BCUT2D eigenvalue weighted by molar-refractivity contribution is 0.566. The largest absolute Gasteiger partial charge is 0.0885 e. The molecule has 2 atom stereocenters. The van der Waals surface area contributed by atoms with Crippen LogP contribution in [-0.2, 0) is 0 Å². The van der Waals surface area contributed by atoms with Crippen molar-refractivity contribution in [1.82, 2.24) is 0 Å². The summed E-state index contributed by atoms with van der Waals surface area (Å²) >= 11 is 7.58. The van der Waals surface area contributed by atoms with Crippen LogP contribution in [0.3, 0.4) is 0 Å². The summed E-state index contributed by atoms with van der Waals surface area (Å²) in [5.74, 6) is 1.76. The molecule has 0 bridgehead atoms. The van der Waals surface area contributed by atoms with Crippen LogP contribution in [-0.4, -0.2) is 3.23 Å². The van der Waals surface area contributed by atoms with Crippen LogP contribution in [0.25, 0.3) is 0 Å². The molecule has 0 nitrogen and oxygen atoms in total. The maximum Gasteiger partial charge on any atom is 0.0868 e. The molecule has 0 aromatic carbocycles. The topological polar surface area (TPSA) is 0 Å². The maximum atomic E-state index is 3.79. The van der Waals surface area contributed by atoms with E-state index in [0.29, 0.717) is 3.23 Å². The third-order valence-corrected chi connectivity index (χ3v) is 5.66. The Kier molecular flexibility index (Phi) is 3.19. The molecule has 2 heteroatoms. The molecule has 2 aliphatic rings. The highest BCUT2D eigenvalue weighted by molar-refractivity contribution is 9.25. The molecule has 1 fully saturated rings. The van der Waals surface area contributed by atoms with Crippen molar-refractivity contribution in [3.63, 3.8) is 0 Å². The molecular formula is C11H16Br2. The fourth-order valence-electron chi connectivity index (χ4n) is 2.39. The Morgan fingerprint density at radius 1 is 0.923 bits per heavy atom. The quantitative estimate of drug-likeness (QED) is 0.452. The highest BCUT2D eigenvalue weighted by Crippen LogP contribution is 2.65. The molecule has 13 heavy (non-hydrogen) atoms. The molecule has 0 N–H and O–H groups in total. The van der Waals surface area contributed by atoms with Gasteiger partial charge >= 0.3 is 0 Å². The number of hydrogen-bond donors (Lipinski definition) is 0. The van der Waals surface area contributed by atoms with Gasteiger partial charge in [0, 0.05) is 0 Å². The Bertz CT molecular complexity index is 208. The van der Waals surface area contributed by atoms with E-state index in [9.17, 15) is 0 Å². The lowest BCUT2D eigenvalue weighted by atomic mass is 10.1. The molecule has 0 aliphatic heterocycles. The molecule has 0 heterocycles. The zero-order chi connectivity index (χ0) is 9.31. The maximum absolute atomic E-state index is 3.79.